The summed E-state index contributed by atoms with van der Waals surface area (Å²) in [5, 5.41) is 0. The van der Waals surface area contributed by atoms with Gasteiger partial charge >= 0.3 is 0 Å². The second-order valence-electron chi connectivity index (χ2n) is 5.00. The van der Waals surface area contributed by atoms with Crippen LogP contribution in [-0.4, -0.2) is 9.97 Å². The number of nitrogens with one attached hydrogen (secondary N) is 1. The van der Waals surface area contributed by atoms with Gasteiger partial charge in [0.05, 0.1) is 5.69 Å². The van der Waals surface area contributed by atoms with E-state index in [9.17, 15) is 4.79 Å². The fourth-order valence-corrected chi connectivity index (χ4v) is 2.52. The molecule has 1 heterocycles. The standard InChI is InChI=1S/C14H13IN2O/c1-14(7-8-14)13-16-11(10(15)12(18)17-13)9-5-3-2-4-6-9/h2-6H,7-8H2,1H3,(H,16,17,18). The van der Waals surface area contributed by atoms with Gasteiger partial charge < -0.3 is 4.98 Å². The molecule has 92 valence electrons. The van der Waals surface area contributed by atoms with Crippen molar-refractivity contribution in [2.75, 3.05) is 0 Å². The lowest BCUT2D eigenvalue weighted by molar-refractivity contribution is 0.702. The molecule has 0 aliphatic heterocycles. The maximum absolute atomic E-state index is 12.0. The van der Waals surface area contributed by atoms with E-state index in [1.165, 1.54) is 0 Å². The first-order chi connectivity index (χ1) is 8.60. The van der Waals surface area contributed by atoms with Crippen molar-refractivity contribution < 1.29 is 0 Å². The Labute approximate surface area is 119 Å². The summed E-state index contributed by atoms with van der Waals surface area (Å²) >= 11 is 2.07. The number of hydrogen-bond acceptors (Lipinski definition) is 2. The predicted octanol–water partition coefficient (Wildman–Crippen LogP) is 3.09. The van der Waals surface area contributed by atoms with Gasteiger partial charge in [0.2, 0.25) is 0 Å². The van der Waals surface area contributed by atoms with Crippen LogP contribution in [-0.2, 0) is 5.41 Å². The number of nitrogens with zero attached hydrogens (tertiary/aromatic N) is 1. The van der Waals surface area contributed by atoms with Gasteiger partial charge in [0, 0.05) is 11.0 Å². The Balaban J connectivity index is 2.20. The molecule has 1 saturated carbocycles. The highest BCUT2D eigenvalue weighted by Crippen LogP contribution is 2.45. The van der Waals surface area contributed by atoms with Crippen LogP contribution in [0.15, 0.2) is 35.1 Å². The van der Waals surface area contributed by atoms with E-state index in [4.69, 9.17) is 0 Å². The van der Waals surface area contributed by atoms with E-state index in [0.29, 0.717) is 3.57 Å². The summed E-state index contributed by atoms with van der Waals surface area (Å²) in [5.41, 5.74) is 1.83. The van der Waals surface area contributed by atoms with Crippen LogP contribution in [0.2, 0.25) is 0 Å². The van der Waals surface area contributed by atoms with Gasteiger partial charge in [-0.25, -0.2) is 4.98 Å². The Kier molecular flexibility index (Phi) is 2.77. The van der Waals surface area contributed by atoms with Gasteiger partial charge in [0.25, 0.3) is 5.56 Å². The minimum atomic E-state index is -0.0346. The van der Waals surface area contributed by atoms with Crippen molar-refractivity contribution in [3.8, 4) is 11.3 Å². The monoisotopic (exact) mass is 352 g/mol. The molecule has 0 atom stereocenters. The number of aromatic nitrogens is 2. The van der Waals surface area contributed by atoms with Gasteiger partial charge in [-0.3, -0.25) is 4.79 Å². The van der Waals surface area contributed by atoms with Gasteiger partial charge in [-0.2, -0.15) is 0 Å². The topological polar surface area (TPSA) is 45.8 Å². The van der Waals surface area contributed by atoms with E-state index >= 15 is 0 Å². The molecule has 0 bridgehead atoms. The molecule has 0 saturated heterocycles. The molecule has 1 fully saturated rings. The molecule has 1 aromatic carbocycles. The van der Waals surface area contributed by atoms with Crippen LogP contribution in [0.4, 0.5) is 0 Å². The Morgan fingerprint density at radius 2 is 1.94 bits per heavy atom. The van der Waals surface area contributed by atoms with E-state index in [0.717, 1.165) is 29.9 Å². The minimum absolute atomic E-state index is 0.0346. The highest BCUT2D eigenvalue weighted by atomic mass is 127. The van der Waals surface area contributed by atoms with Crippen molar-refractivity contribution in [1.82, 2.24) is 9.97 Å². The highest BCUT2D eigenvalue weighted by molar-refractivity contribution is 14.1. The maximum Gasteiger partial charge on any atom is 0.264 e. The van der Waals surface area contributed by atoms with Crippen LogP contribution in [0.5, 0.6) is 0 Å². The first-order valence-corrected chi connectivity index (χ1v) is 7.04. The van der Waals surface area contributed by atoms with Gasteiger partial charge in [0.15, 0.2) is 0 Å². The Morgan fingerprint density at radius 3 is 2.56 bits per heavy atom. The third kappa shape index (κ3) is 1.98. The molecular weight excluding hydrogens is 339 g/mol. The third-order valence-electron chi connectivity index (χ3n) is 3.48. The summed E-state index contributed by atoms with van der Waals surface area (Å²) in [7, 11) is 0. The number of halogens is 1. The quantitative estimate of drug-likeness (QED) is 0.845. The number of rotatable bonds is 2. The van der Waals surface area contributed by atoms with E-state index in [1.54, 1.807) is 0 Å². The number of aromatic amines is 1. The van der Waals surface area contributed by atoms with Gasteiger partial charge in [-0.15, -0.1) is 0 Å². The highest BCUT2D eigenvalue weighted by Gasteiger charge is 2.42. The largest absolute Gasteiger partial charge is 0.309 e. The predicted molar refractivity (Wildman–Crippen MR) is 79.6 cm³/mol. The van der Waals surface area contributed by atoms with E-state index in [1.807, 2.05) is 30.3 Å². The number of H-pyrrole nitrogens is 1. The molecule has 2 aromatic rings. The lowest BCUT2D eigenvalue weighted by Crippen LogP contribution is -2.20. The summed E-state index contributed by atoms with van der Waals surface area (Å²) in [6.45, 7) is 2.15. The molecule has 1 aliphatic rings. The van der Waals surface area contributed by atoms with Crippen molar-refractivity contribution in [2.24, 2.45) is 0 Å². The van der Waals surface area contributed by atoms with Crippen molar-refractivity contribution in [1.29, 1.82) is 0 Å². The SMILES string of the molecule is CC1(c2nc(-c3ccccc3)c(I)c(=O)[nH]2)CC1. The third-order valence-corrected chi connectivity index (χ3v) is 4.48. The Hall–Kier alpha value is -1.17. The zero-order valence-corrected chi connectivity index (χ0v) is 12.2. The molecule has 0 unspecified atom stereocenters. The summed E-state index contributed by atoms with van der Waals surface area (Å²) in [6.07, 6.45) is 2.20. The average Bonchev–Trinajstić information content (AvgIpc) is 3.13. The van der Waals surface area contributed by atoms with Gasteiger partial charge in [-0.1, -0.05) is 37.3 Å². The molecule has 0 spiro atoms. The normalized spacial score (nSPS) is 16.6. The van der Waals surface area contributed by atoms with Crippen LogP contribution in [0.25, 0.3) is 11.3 Å². The lowest BCUT2D eigenvalue weighted by atomic mass is 10.1. The van der Waals surface area contributed by atoms with E-state index in [-0.39, 0.29) is 11.0 Å². The fraction of sp³-hybridized carbons (Fsp3) is 0.286. The van der Waals surface area contributed by atoms with Gasteiger partial charge in [0.1, 0.15) is 9.39 Å². The van der Waals surface area contributed by atoms with Crippen LogP contribution in [0.3, 0.4) is 0 Å². The molecule has 4 heteroatoms. The zero-order valence-electron chi connectivity index (χ0n) is 10.0. The average molecular weight is 352 g/mol. The Bertz CT molecular complexity index is 645. The smallest absolute Gasteiger partial charge is 0.264 e. The minimum Gasteiger partial charge on any atom is -0.309 e. The molecule has 1 N–H and O–H groups in total. The maximum atomic E-state index is 12.0. The molecule has 0 amide bonds. The zero-order chi connectivity index (χ0) is 12.8. The first kappa shape index (κ1) is 11.9. The molecule has 1 aliphatic carbocycles. The summed E-state index contributed by atoms with van der Waals surface area (Å²) < 4.78 is 0.659. The van der Waals surface area contributed by atoms with Gasteiger partial charge in [-0.05, 0) is 35.4 Å². The van der Waals surface area contributed by atoms with Crippen molar-refractivity contribution in [2.45, 2.75) is 25.2 Å². The van der Waals surface area contributed by atoms with Crippen molar-refractivity contribution in [3.05, 3.63) is 50.1 Å². The molecular formula is C14H13IN2O. The number of benzene rings is 1. The molecule has 1 aromatic heterocycles. The summed E-state index contributed by atoms with van der Waals surface area (Å²) in [4.78, 5) is 19.6. The van der Waals surface area contributed by atoms with Crippen molar-refractivity contribution in [3.63, 3.8) is 0 Å². The summed E-state index contributed by atoms with van der Waals surface area (Å²) in [6, 6.07) is 9.87. The second-order valence-corrected chi connectivity index (χ2v) is 6.08. The van der Waals surface area contributed by atoms with Crippen LogP contribution < -0.4 is 5.56 Å². The molecule has 0 radical (unpaired) electrons. The molecule has 3 nitrogen and oxygen atoms in total. The lowest BCUT2D eigenvalue weighted by Gasteiger charge is -2.11. The van der Waals surface area contributed by atoms with Crippen LogP contribution in [0.1, 0.15) is 25.6 Å². The van der Waals surface area contributed by atoms with Crippen LogP contribution in [0, 0.1) is 3.57 Å². The van der Waals surface area contributed by atoms with E-state index in [2.05, 4.69) is 39.5 Å². The fourth-order valence-electron chi connectivity index (χ4n) is 1.96. The van der Waals surface area contributed by atoms with Crippen LogP contribution >= 0.6 is 22.6 Å². The first-order valence-electron chi connectivity index (χ1n) is 5.96. The van der Waals surface area contributed by atoms with E-state index < -0.39 is 0 Å². The second kappa shape index (κ2) is 4.19. The van der Waals surface area contributed by atoms with Crippen molar-refractivity contribution >= 4 is 22.6 Å². The molecule has 18 heavy (non-hydrogen) atoms. The summed E-state index contributed by atoms with van der Waals surface area (Å²) in [5.74, 6) is 0.826. The Morgan fingerprint density at radius 1 is 1.28 bits per heavy atom. The molecule has 3 rings (SSSR count). The number of hydrogen-bond donors (Lipinski definition) is 1.